The molecule has 3 heteroatoms. The Balaban J connectivity index is 1.60. The summed E-state index contributed by atoms with van der Waals surface area (Å²) in [4.78, 5) is 5.23. The zero-order valence-corrected chi connectivity index (χ0v) is 22.2. The van der Waals surface area contributed by atoms with E-state index in [2.05, 4.69) is 112 Å². The van der Waals surface area contributed by atoms with Crippen molar-refractivity contribution in [1.29, 1.82) is 0 Å². The van der Waals surface area contributed by atoms with Crippen molar-refractivity contribution < 1.29 is 0 Å². The number of nitrogens with zero attached hydrogens (tertiary/aromatic N) is 2. The number of hydrogen-bond donors (Lipinski definition) is 1. The van der Waals surface area contributed by atoms with Crippen LogP contribution in [0.1, 0.15) is 77.0 Å². The summed E-state index contributed by atoms with van der Waals surface area (Å²) in [7, 11) is 0. The van der Waals surface area contributed by atoms with E-state index in [0.717, 1.165) is 42.1 Å². The third-order valence-electron chi connectivity index (χ3n) is 8.03. The van der Waals surface area contributed by atoms with Crippen LogP contribution in [0, 0.1) is 6.92 Å². The predicted octanol–water partition coefficient (Wildman–Crippen LogP) is 8.90. The molecular weight excluding hydrogens is 426 g/mol. The fourth-order valence-electron chi connectivity index (χ4n) is 5.64. The third-order valence-corrected chi connectivity index (χ3v) is 8.03. The molecule has 5 rings (SSSR count). The normalized spacial score (nSPS) is 16.3. The van der Waals surface area contributed by atoms with Crippen LogP contribution in [0.4, 0.5) is 11.4 Å². The van der Waals surface area contributed by atoms with Gasteiger partial charge in [-0.05, 0) is 78.0 Å². The van der Waals surface area contributed by atoms with Crippen LogP contribution >= 0.6 is 0 Å². The number of unbranched alkanes of at least 4 members (excludes halogenated alkanes) is 1. The van der Waals surface area contributed by atoms with Crippen molar-refractivity contribution in [2.75, 3.05) is 5.32 Å². The summed E-state index contributed by atoms with van der Waals surface area (Å²) in [6.45, 7) is 14.9. The molecule has 35 heavy (non-hydrogen) atoms. The summed E-state index contributed by atoms with van der Waals surface area (Å²) in [6, 6.07) is 22.1. The van der Waals surface area contributed by atoms with E-state index in [0.29, 0.717) is 0 Å². The lowest BCUT2D eigenvalue weighted by Gasteiger charge is -2.42. The van der Waals surface area contributed by atoms with E-state index in [4.69, 9.17) is 4.98 Å². The minimum Gasteiger partial charge on any atom is -0.354 e. The number of aryl methyl sites for hydroxylation is 2. The minimum absolute atomic E-state index is 0.189. The minimum atomic E-state index is 0.189. The van der Waals surface area contributed by atoms with Crippen LogP contribution in [0.2, 0.25) is 0 Å². The molecule has 0 amide bonds. The number of imidazole rings is 1. The smallest absolute Gasteiger partial charge is 0.141 e. The summed E-state index contributed by atoms with van der Waals surface area (Å²) >= 11 is 0. The average Bonchev–Trinajstić information content (AvgIpc) is 3.20. The largest absolute Gasteiger partial charge is 0.354 e. The number of aromatic nitrogens is 2. The van der Waals surface area contributed by atoms with Crippen molar-refractivity contribution in [3.8, 4) is 11.4 Å². The average molecular weight is 466 g/mol. The maximum atomic E-state index is 5.23. The van der Waals surface area contributed by atoms with Gasteiger partial charge in [0.1, 0.15) is 11.3 Å². The van der Waals surface area contributed by atoms with Crippen molar-refractivity contribution in [3.05, 3.63) is 77.4 Å². The van der Waals surface area contributed by atoms with Crippen molar-refractivity contribution in [2.45, 2.75) is 84.6 Å². The van der Waals surface area contributed by atoms with Gasteiger partial charge in [0, 0.05) is 17.8 Å². The standard InChI is InChI=1S/C32H39N3/c1-7-8-20-35-28-15-11-14-27(29(28)34-30(35)24-13-10-9-12-22(24)2)33-23-16-17-25-26(21-23)32(5,6)19-18-31(25,3)4/h9-17,21,33H,7-8,18-20H2,1-6H3. The van der Waals surface area contributed by atoms with E-state index < -0.39 is 0 Å². The maximum Gasteiger partial charge on any atom is 0.141 e. The number of rotatable bonds is 6. The molecule has 0 bridgehead atoms. The monoisotopic (exact) mass is 465 g/mol. The first-order chi connectivity index (χ1) is 16.7. The molecular formula is C32H39N3. The topological polar surface area (TPSA) is 29.9 Å². The van der Waals surface area contributed by atoms with E-state index in [1.807, 2.05) is 0 Å². The van der Waals surface area contributed by atoms with Gasteiger partial charge in [-0.25, -0.2) is 4.98 Å². The Morgan fingerprint density at radius 2 is 1.63 bits per heavy atom. The van der Waals surface area contributed by atoms with Crippen LogP contribution in [-0.4, -0.2) is 9.55 Å². The highest BCUT2D eigenvalue weighted by Crippen LogP contribution is 2.46. The molecule has 3 aromatic carbocycles. The molecule has 0 aliphatic heterocycles. The van der Waals surface area contributed by atoms with Gasteiger partial charge >= 0.3 is 0 Å². The highest BCUT2D eigenvalue weighted by Gasteiger charge is 2.37. The van der Waals surface area contributed by atoms with E-state index >= 15 is 0 Å². The van der Waals surface area contributed by atoms with Crippen LogP contribution in [0.5, 0.6) is 0 Å². The second-order valence-corrected chi connectivity index (χ2v) is 11.6. The predicted molar refractivity (Wildman–Crippen MR) is 150 cm³/mol. The Bertz CT molecular complexity index is 1370. The number of hydrogen-bond acceptors (Lipinski definition) is 2. The fraction of sp³-hybridized carbons (Fsp3) is 0.406. The van der Waals surface area contributed by atoms with Gasteiger partial charge in [-0.3, -0.25) is 0 Å². The second kappa shape index (κ2) is 8.86. The van der Waals surface area contributed by atoms with Crippen LogP contribution in [0.25, 0.3) is 22.4 Å². The quantitative estimate of drug-likeness (QED) is 0.308. The Morgan fingerprint density at radius 1 is 0.886 bits per heavy atom. The fourth-order valence-corrected chi connectivity index (χ4v) is 5.64. The maximum absolute atomic E-state index is 5.23. The first kappa shape index (κ1) is 23.7. The molecule has 4 aromatic rings. The number of fused-ring (bicyclic) bond motifs is 2. The molecule has 1 aliphatic carbocycles. The van der Waals surface area contributed by atoms with Crippen LogP contribution in [-0.2, 0) is 17.4 Å². The zero-order chi connectivity index (χ0) is 24.8. The van der Waals surface area contributed by atoms with Gasteiger partial charge in [0.2, 0.25) is 0 Å². The lowest BCUT2D eigenvalue weighted by molar-refractivity contribution is 0.332. The Hall–Kier alpha value is -3.07. The molecule has 182 valence electrons. The molecule has 1 N–H and O–H groups in total. The molecule has 0 radical (unpaired) electrons. The molecule has 0 fully saturated rings. The molecule has 0 spiro atoms. The molecule has 0 saturated carbocycles. The molecule has 0 saturated heterocycles. The molecule has 1 heterocycles. The van der Waals surface area contributed by atoms with Gasteiger partial charge < -0.3 is 9.88 Å². The highest BCUT2D eigenvalue weighted by molar-refractivity contribution is 5.93. The Morgan fingerprint density at radius 3 is 2.37 bits per heavy atom. The van der Waals surface area contributed by atoms with E-state index in [1.165, 1.54) is 40.6 Å². The van der Waals surface area contributed by atoms with Crippen molar-refractivity contribution in [2.24, 2.45) is 0 Å². The Labute approximate surface area is 210 Å². The van der Waals surface area contributed by atoms with Gasteiger partial charge in [0.05, 0.1) is 11.2 Å². The SMILES string of the molecule is CCCCn1c(-c2ccccc2C)nc2c(Nc3ccc4c(c3)C(C)(C)CCC4(C)C)cccc21. The highest BCUT2D eigenvalue weighted by atomic mass is 15.1. The van der Waals surface area contributed by atoms with Gasteiger partial charge in [-0.1, -0.05) is 77.4 Å². The van der Waals surface area contributed by atoms with Gasteiger partial charge in [-0.2, -0.15) is 0 Å². The summed E-state index contributed by atoms with van der Waals surface area (Å²) in [5.41, 5.74) is 10.3. The van der Waals surface area contributed by atoms with Gasteiger partial charge in [-0.15, -0.1) is 0 Å². The third kappa shape index (κ3) is 4.26. The second-order valence-electron chi connectivity index (χ2n) is 11.6. The van der Waals surface area contributed by atoms with Crippen LogP contribution in [0.15, 0.2) is 60.7 Å². The number of nitrogens with one attached hydrogen (secondary N) is 1. The molecule has 0 unspecified atom stereocenters. The number of para-hydroxylation sites is 1. The summed E-state index contributed by atoms with van der Waals surface area (Å²) in [5.74, 6) is 1.06. The zero-order valence-electron chi connectivity index (χ0n) is 22.2. The van der Waals surface area contributed by atoms with Crippen molar-refractivity contribution in [1.82, 2.24) is 9.55 Å². The first-order valence-electron chi connectivity index (χ1n) is 13.2. The van der Waals surface area contributed by atoms with Crippen LogP contribution < -0.4 is 5.32 Å². The van der Waals surface area contributed by atoms with E-state index in [1.54, 1.807) is 0 Å². The van der Waals surface area contributed by atoms with Crippen LogP contribution in [0.3, 0.4) is 0 Å². The lowest BCUT2D eigenvalue weighted by atomic mass is 9.63. The molecule has 1 aliphatic rings. The molecule has 1 aromatic heterocycles. The molecule has 0 atom stereocenters. The van der Waals surface area contributed by atoms with E-state index in [9.17, 15) is 0 Å². The first-order valence-corrected chi connectivity index (χ1v) is 13.2. The van der Waals surface area contributed by atoms with Gasteiger partial charge in [0.25, 0.3) is 0 Å². The Kier molecular flexibility index (Phi) is 5.99. The number of benzene rings is 3. The summed E-state index contributed by atoms with van der Waals surface area (Å²) < 4.78 is 2.41. The number of anilines is 2. The lowest BCUT2D eigenvalue weighted by Crippen LogP contribution is -2.33. The van der Waals surface area contributed by atoms with Gasteiger partial charge in [0.15, 0.2) is 0 Å². The van der Waals surface area contributed by atoms with Crippen molar-refractivity contribution >= 4 is 22.4 Å². The summed E-state index contributed by atoms with van der Waals surface area (Å²) in [5, 5.41) is 3.75. The van der Waals surface area contributed by atoms with Crippen molar-refractivity contribution in [3.63, 3.8) is 0 Å². The summed E-state index contributed by atoms with van der Waals surface area (Å²) in [6.07, 6.45) is 4.74. The van der Waals surface area contributed by atoms with E-state index in [-0.39, 0.29) is 10.8 Å². The molecule has 3 nitrogen and oxygen atoms in total.